The number of benzene rings is 2. The number of pyridine rings is 1. The molecule has 7 nitrogen and oxygen atoms in total. The number of hydrogen-bond acceptors (Lipinski definition) is 4. The summed E-state index contributed by atoms with van der Waals surface area (Å²) in [7, 11) is 3.00. The molecule has 0 unspecified atom stereocenters. The zero-order chi connectivity index (χ0) is 22.8. The fourth-order valence-corrected chi connectivity index (χ4v) is 2.59. The minimum atomic E-state index is -0.385. The van der Waals surface area contributed by atoms with Crippen LogP contribution in [0.2, 0.25) is 0 Å². The first-order valence-electron chi connectivity index (χ1n) is 9.86. The third kappa shape index (κ3) is 5.26. The fraction of sp³-hybridized carbons (Fsp3) is 0.261. The maximum atomic E-state index is 11.5. The average Bonchev–Trinajstić information content (AvgIpc) is 2.79. The SMILES string of the molecule is CC.CC.Cn1c(=O)[nH]c2ccccc2c1=O.Cn1c(O)c2ccccc2cc1=O. The Morgan fingerprint density at radius 3 is 1.93 bits per heavy atom. The van der Waals surface area contributed by atoms with Gasteiger partial charge in [0.05, 0.1) is 10.9 Å². The number of aromatic nitrogens is 3. The van der Waals surface area contributed by atoms with Crippen LogP contribution >= 0.6 is 0 Å². The Morgan fingerprint density at radius 2 is 1.30 bits per heavy atom. The van der Waals surface area contributed by atoms with Gasteiger partial charge in [-0.05, 0) is 23.6 Å². The number of para-hydroxylation sites is 1. The summed E-state index contributed by atoms with van der Waals surface area (Å²) >= 11 is 0. The predicted molar refractivity (Wildman–Crippen MR) is 123 cm³/mol. The standard InChI is InChI=1S/C10H9NO2.C9H8N2O2.2C2H6/c1-11-9(12)6-7-4-2-3-5-8(7)10(11)13;1-11-8(12)6-4-2-3-5-7(6)10-9(11)13;2*1-2/h2-6,13H,1H3;2-5H,1H3,(H,10,13);2*1-2H3. The molecule has 0 saturated heterocycles. The van der Waals surface area contributed by atoms with Crippen molar-refractivity contribution in [1.82, 2.24) is 14.1 Å². The van der Waals surface area contributed by atoms with Crippen molar-refractivity contribution in [2.75, 3.05) is 0 Å². The molecular weight excluding hydrogens is 382 g/mol. The van der Waals surface area contributed by atoms with Gasteiger partial charge in [-0.25, -0.2) is 4.79 Å². The van der Waals surface area contributed by atoms with E-state index in [2.05, 4.69) is 4.98 Å². The highest BCUT2D eigenvalue weighted by molar-refractivity contribution is 5.86. The summed E-state index contributed by atoms with van der Waals surface area (Å²) in [5.74, 6) is 0.0168. The lowest BCUT2D eigenvalue weighted by molar-refractivity contribution is 0.430. The molecule has 2 heterocycles. The van der Waals surface area contributed by atoms with Gasteiger partial charge in [0.15, 0.2) is 0 Å². The number of H-pyrrole nitrogens is 1. The molecule has 2 N–H and O–H groups in total. The van der Waals surface area contributed by atoms with Gasteiger partial charge < -0.3 is 10.1 Å². The van der Waals surface area contributed by atoms with Crippen LogP contribution < -0.4 is 16.8 Å². The van der Waals surface area contributed by atoms with Crippen LogP contribution in [0.5, 0.6) is 5.88 Å². The fourth-order valence-electron chi connectivity index (χ4n) is 2.59. The zero-order valence-electron chi connectivity index (χ0n) is 18.3. The van der Waals surface area contributed by atoms with Gasteiger partial charge in [0.1, 0.15) is 0 Å². The van der Waals surface area contributed by atoms with Gasteiger partial charge in [-0.3, -0.25) is 18.7 Å². The molecule has 0 bridgehead atoms. The molecule has 0 saturated carbocycles. The molecule has 160 valence electrons. The minimum Gasteiger partial charge on any atom is -0.494 e. The van der Waals surface area contributed by atoms with Crippen LogP contribution in [0.4, 0.5) is 0 Å². The molecule has 2 aromatic heterocycles. The monoisotopic (exact) mass is 411 g/mol. The van der Waals surface area contributed by atoms with Crippen molar-refractivity contribution in [3.05, 3.63) is 85.8 Å². The number of fused-ring (bicyclic) bond motifs is 2. The van der Waals surface area contributed by atoms with E-state index in [4.69, 9.17) is 0 Å². The quantitative estimate of drug-likeness (QED) is 0.463. The molecule has 0 amide bonds. The Kier molecular flexibility index (Phi) is 9.29. The van der Waals surface area contributed by atoms with Crippen LogP contribution in [0.25, 0.3) is 21.7 Å². The van der Waals surface area contributed by atoms with Gasteiger partial charge in [-0.2, -0.15) is 0 Å². The third-order valence-electron chi connectivity index (χ3n) is 4.14. The summed E-state index contributed by atoms with van der Waals surface area (Å²) in [6, 6.07) is 15.7. The Bertz CT molecular complexity index is 1280. The molecule has 0 aliphatic heterocycles. The number of nitrogens with one attached hydrogen (secondary N) is 1. The average molecular weight is 412 g/mol. The highest BCUT2D eigenvalue weighted by atomic mass is 16.3. The smallest absolute Gasteiger partial charge is 0.328 e. The summed E-state index contributed by atoms with van der Waals surface area (Å²) in [6.07, 6.45) is 0. The van der Waals surface area contributed by atoms with Crippen LogP contribution in [0.1, 0.15) is 27.7 Å². The van der Waals surface area contributed by atoms with Crippen LogP contribution in [-0.2, 0) is 14.1 Å². The van der Waals surface area contributed by atoms with Crippen molar-refractivity contribution in [3.63, 3.8) is 0 Å². The van der Waals surface area contributed by atoms with Crippen molar-refractivity contribution in [1.29, 1.82) is 0 Å². The van der Waals surface area contributed by atoms with E-state index < -0.39 is 0 Å². The molecular formula is C23H29N3O4. The Labute approximate surface area is 174 Å². The van der Waals surface area contributed by atoms with Crippen molar-refractivity contribution >= 4 is 21.7 Å². The summed E-state index contributed by atoms with van der Waals surface area (Å²) in [5, 5.41) is 11.6. The van der Waals surface area contributed by atoms with Crippen LogP contribution in [0.15, 0.2) is 69.0 Å². The highest BCUT2D eigenvalue weighted by Gasteiger charge is 2.03. The van der Waals surface area contributed by atoms with E-state index in [-0.39, 0.29) is 22.7 Å². The maximum absolute atomic E-state index is 11.5. The van der Waals surface area contributed by atoms with Gasteiger partial charge in [-0.1, -0.05) is 58.0 Å². The van der Waals surface area contributed by atoms with Gasteiger partial charge >= 0.3 is 5.69 Å². The largest absolute Gasteiger partial charge is 0.494 e. The topological polar surface area (TPSA) is 97.1 Å². The van der Waals surface area contributed by atoms with E-state index >= 15 is 0 Å². The molecule has 0 atom stereocenters. The number of rotatable bonds is 0. The Morgan fingerprint density at radius 1 is 0.767 bits per heavy atom. The lowest BCUT2D eigenvalue weighted by Gasteiger charge is -2.04. The van der Waals surface area contributed by atoms with E-state index in [9.17, 15) is 19.5 Å². The van der Waals surface area contributed by atoms with E-state index in [1.165, 1.54) is 17.7 Å². The van der Waals surface area contributed by atoms with Crippen molar-refractivity contribution in [2.45, 2.75) is 27.7 Å². The van der Waals surface area contributed by atoms with E-state index in [0.717, 1.165) is 9.95 Å². The van der Waals surface area contributed by atoms with Gasteiger partial charge in [0, 0.05) is 25.5 Å². The summed E-state index contributed by atoms with van der Waals surface area (Å²) in [4.78, 5) is 36.5. The number of hydrogen-bond donors (Lipinski definition) is 2. The summed E-state index contributed by atoms with van der Waals surface area (Å²) < 4.78 is 2.28. The van der Waals surface area contributed by atoms with E-state index in [1.807, 2.05) is 39.8 Å². The molecule has 0 radical (unpaired) electrons. The van der Waals surface area contributed by atoms with Crippen molar-refractivity contribution in [3.8, 4) is 5.88 Å². The molecule has 4 rings (SSSR count). The molecule has 2 aromatic carbocycles. The molecule has 0 aliphatic carbocycles. The first kappa shape index (κ1) is 24.4. The second kappa shape index (κ2) is 11.4. The molecule has 0 spiro atoms. The normalized spacial score (nSPS) is 9.53. The van der Waals surface area contributed by atoms with Gasteiger partial charge in [-0.15, -0.1) is 0 Å². The lowest BCUT2D eigenvalue weighted by Crippen LogP contribution is -2.32. The van der Waals surface area contributed by atoms with Crippen molar-refractivity contribution < 1.29 is 5.11 Å². The second-order valence-corrected chi connectivity index (χ2v) is 5.79. The molecule has 30 heavy (non-hydrogen) atoms. The van der Waals surface area contributed by atoms with E-state index in [0.29, 0.717) is 16.3 Å². The number of aromatic hydroxyl groups is 1. The number of aromatic amines is 1. The van der Waals surface area contributed by atoms with Crippen LogP contribution in [-0.4, -0.2) is 19.2 Å². The lowest BCUT2D eigenvalue weighted by atomic mass is 10.2. The van der Waals surface area contributed by atoms with Crippen LogP contribution in [0, 0.1) is 0 Å². The highest BCUT2D eigenvalue weighted by Crippen LogP contribution is 2.20. The first-order chi connectivity index (χ1) is 14.4. The predicted octanol–water partition coefficient (Wildman–Crippen LogP) is 3.52. The Balaban J connectivity index is 0.000000258. The van der Waals surface area contributed by atoms with Gasteiger partial charge in [0.2, 0.25) is 5.88 Å². The molecule has 7 heteroatoms. The first-order valence-corrected chi connectivity index (χ1v) is 9.86. The summed E-state index contributed by atoms with van der Waals surface area (Å²) in [5.41, 5.74) is -0.269. The minimum absolute atomic E-state index is 0.0168. The Hall–Kier alpha value is -3.61. The van der Waals surface area contributed by atoms with E-state index in [1.54, 1.807) is 43.4 Å². The maximum Gasteiger partial charge on any atom is 0.328 e. The zero-order valence-corrected chi connectivity index (χ0v) is 18.3. The third-order valence-corrected chi connectivity index (χ3v) is 4.14. The molecule has 0 aliphatic rings. The van der Waals surface area contributed by atoms with Crippen molar-refractivity contribution in [2.24, 2.45) is 14.1 Å². The van der Waals surface area contributed by atoms with Gasteiger partial charge in [0.25, 0.3) is 11.1 Å². The molecule has 0 fully saturated rings. The molecule has 4 aromatic rings. The van der Waals surface area contributed by atoms with Crippen LogP contribution in [0.3, 0.4) is 0 Å². The second-order valence-electron chi connectivity index (χ2n) is 5.79. The summed E-state index contributed by atoms with van der Waals surface area (Å²) in [6.45, 7) is 8.00. The number of nitrogens with zero attached hydrogens (tertiary/aromatic N) is 2.